The predicted octanol–water partition coefficient (Wildman–Crippen LogP) is 2.40. The molecule has 166 valence electrons. The zero-order chi connectivity index (χ0) is 20.8. The largest absolute Gasteiger partial charge is 0.494 e. The Kier molecular flexibility index (Phi) is 7.63. The monoisotopic (exact) mass is 414 g/mol. The number of hydrogen-bond acceptors (Lipinski definition) is 5. The van der Waals surface area contributed by atoms with Crippen molar-refractivity contribution in [1.82, 2.24) is 19.6 Å². The molecule has 3 saturated heterocycles. The molecule has 0 aliphatic carbocycles. The van der Waals surface area contributed by atoms with Gasteiger partial charge in [0.05, 0.1) is 6.61 Å². The van der Waals surface area contributed by atoms with Crippen molar-refractivity contribution < 1.29 is 9.53 Å². The third-order valence-corrected chi connectivity index (χ3v) is 6.89. The summed E-state index contributed by atoms with van der Waals surface area (Å²) in [7, 11) is 2.19. The van der Waals surface area contributed by atoms with Gasteiger partial charge in [-0.25, -0.2) is 0 Å². The van der Waals surface area contributed by atoms with Crippen LogP contribution in [0.25, 0.3) is 0 Å². The number of piperazine rings is 1. The summed E-state index contributed by atoms with van der Waals surface area (Å²) in [5.41, 5.74) is 0.785. The van der Waals surface area contributed by atoms with Crippen molar-refractivity contribution in [3.05, 3.63) is 29.8 Å². The van der Waals surface area contributed by atoms with Crippen LogP contribution in [0.2, 0.25) is 0 Å². The molecule has 3 fully saturated rings. The second-order valence-electron chi connectivity index (χ2n) is 9.17. The molecule has 0 spiro atoms. The average Bonchev–Trinajstić information content (AvgIpc) is 3.45. The van der Waals surface area contributed by atoms with Gasteiger partial charge in [0.1, 0.15) is 5.75 Å². The Morgan fingerprint density at radius 2 is 1.67 bits per heavy atom. The van der Waals surface area contributed by atoms with Gasteiger partial charge in [-0.3, -0.25) is 4.79 Å². The Hall–Kier alpha value is -1.63. The molecule has 1 amide bonds. The van der Waals surface area contributed by atoms with Crippen molar-refractivity contribution in [2.75, 3.05) is 72.6 Å². The van der Waals surface area contributed by atoms with E-state index < -0.39 is 0 Å². The zero-order valence-electron chi connectivity index (χ0n) is 18.6. The van der Waals surface area contributed by atoms with Crippen LogP contribution in [-0.2, 0) is 0 Å². The number of carbonyl (C=O) groups is 1. The third-order valence-electron chi connectivity index (χ3n) is 6.89. The normalized spacial score (nSPS) is 23.9. The number of amides is 1. The van der Waals surface area contributed by atoms with Crippen LogP contribution in [0.1, 0.15) is 42.5 Å². The number of carbonyl (C=O) groups excluding carboxylic acids is 1. The SMILES string of the molecule is CN1CCN(CCCOc2ccc(C(=O)N3CCC[C@H]3CN3CCCC3)cc2)CC1. The lowest BCUT2D eigenvalue weighted by molar-refractivity contribution is 0.0708. The number of likely N-dealkylation sites (N-methyl/N-ethyl adjacent to an activating group) is 1. The first-order chi connectivity index (χ1) is 14.7. The molecule has 0 unspecified atom stereocenters. The predicted molar refractivity (Wildman–Crippen MR) is 120 cm³/mol. The summed E-state index contributed by atoms with van der Waals surface area (Å²) >= 11 is 0. The van der Waals surface area contributed by atoms with Crippen molar-refractivity contribution in [2.45, 2.75) is 38.1 Å². The highest BCUT2D eigenvalue weighted by molar-refractivity contribution is 5.94. The second-order valence-corrected chi connectivity index (χ2v) is 9.17. The molecule has 0 aromatic heterocycles. The van der Waals surface area contributed by atoms with E-state index in [9.17, 15) is 4.79 Å². The zero-order valence-corrected chi connectivity index (χ0v) is 18.6. The van der Waals surface area contributed by atoms with Gasteiger partial charge < -0.3 is 24.3 Å². The van der Waals surface area contributed by atoms with Crippen molar-refractivity contribution in [3.63, 3.8) is 0 Å². The van der Waals surface area contributed by atoms with Crippen LogP contribution in [0.15, 0.2) is 24.3 Å². The maximum atomic E-state index is 13.1. The fourth-order valence-corrected chi connectivity index (χ4v) is 4.97. The van der Waals surface area contributed by atoms with Crippen LogP contribution >= 0.6 is 0 Å². The lowest BCUT2D eigenvalue weighted by Crippen LogP contribution is -2.44. The Morgan fingerprint density at radius 3 is 2.40 bits per heavy atom. The van der Waals surface area contributed by atoms with Gasteiger partial charge in [-0.1, -0.05) is 0 Å². The highest BCUT2D eigenvalue weighted by Crippen LogP contribution is 2.23. The number of rotatable bonds is 8. The van der Waals surface area contributed by atoms with Gasteiger partial charge in [0.25, 0.3) is 5.91 Å². The van der Waals surface area contributed by atoms with Crippen LogP contribution in [-0.4, -0.2) is 104 Å². The molecule has 0 bridgehead atoms. The topological polar surface area (TPSA) is 39.3 Å². The minimum Gasteiger partial charge on any atom is -0.494 e. The Balaban J connectivity index is 1.21. The summed E-state index contributed by atoms with van der Waals surface area (Å²) < 4.78 is 5.92. The number of nitrogens with zero attached hydrogens (tertiary/aromatic N) is 4. The second kappa shape index (κ2) is 10.6. The van der Waals surface area contributed by atoms with E-state index in [0.717, 1.165) is 83.0 Å². The first-order valence-corrected chi connectivity index (χ1v) is 11.9. The molecular weight excluding hydrogens is 376 g/mol. The van der Waals surface area contributed by atoms with Crippen molar-refractivity contribution >= 4 is 5.91 Å². The molecule has 0 N–H and O–H groups in total. The first kappa shape index (κ1) is 21.6. The standard InChI is InChI=1S/C24H38N4O2/c1-25-15-17-26(18-16-25)13-5-19-30-23-9-7-21(8-10-23)24(29)28-14-4-6-22(28)20-27-11-2-3-12-27/h7-10,22H,2-6,11-20H2,1H3/t22-/m0/s1. The quantitative estimate of drug-likeness (QED) is 0.611. The van der Waals surface area contributed by atoms with Crippen LogP contribution in [0.4, 0.5) is 0 Å². The average molecular weight is 415 g/mol. The van der Waals surface area contributed by atoms with E-state index in [2.05, 4.69) is 26.6 Å². The highest BCUT2D eigenvalue weighted by atomic mass is 16.5. The summed E-state index contributed by atoms with van der Waals surface area (Å²) in [5.74, 6) is 1.04. The third kappa shape index (κ3) is 5.74. The van der Waals surface area contributed by atoms with Crippen LogP contribution < -0.4 is 4.74 Å². The maximum Gasteiger partial charge on any atom is 0.254 e. The van der Waals surface area contributed by atoms with Crippen molar-refractivity contribution in [2.24, 2.45) is 0 Å². The van der Waals surface area contributed by atoms with Gasteiger partial charge >= 0.3 is 0 Å². The molecule has 6 heteroatoms. The fraction of sp³-hybridized carbons (Fsp3) is 0.708. The molecule has 0 saturated carbocycles. The van der Waals surface area contributed by atoms with Crippen LogP contribution in [0, 0.1) is 0 Å². The molecule has 1 aromatic carbocycles. The molecule has 4 rings (SSSR count). The van der Waals surface area contributed by atoms with Gasteiger partial charge in [-0.05, 0) is 76.5 Å². The van der Waals surface area contributed by atoms with Gasteiger partial charge in [0.15, 0.2) is 0 Å². The number of likely N-dealkylation sites (tertiary alicyclic amines) is 2. The molecule has 3 aliphatic heterocycles. The Morgan fingerprint density at radius 1 is 0.933 bits per heavy atom. The minimum absolute atomic E-state index is 0.179. The summed E-state index contributed by atoms with van der Waals surface area (Å²) in [4.78, 5) is 22.6. The van der Waals surface area contributed by atoms with Crippen molar-refractivity contribution in [1.29, 1.82) is 0 Å². The molecule has 0 radical (unpaired) electrons. The molecular formula is C24H38N4O2. The Labute approximate surface area is 181 Å². The lowest BCUT2D eigenvalue weighted by Gasteiger charge is -2.32. The summed E-state index contributed by atoms with van der Waals surface area (Å²) in [5, 5.41) is 0. The molecule has 1 atom stereocenters. The minimum atomic E-state index is 0.179. The number of hydrogen-bond donors (Lipinski definition) is 0. The fourth-order valence-electron chi connectivity index (χ4n) is 4.97. The van der Waals surface area contributed by atoms with Crippen molar-refractivity contribution in [3.8, 4) is 5.75 Å². The molecule has 30 heavy (non-hydrogen) atoms. The van der Waals surface area contributed by atoms with E-state index in [4.69, 9.17) is 4.74 Å². The van der Waals surface area contributed by atoms with Crippen LogP contribution in [0.5, 0.6) is 5.75 Å². The van der Waals surface area contributed by atoms with E-state index in [1.165, 1.54) is 25.9 Å². The Bertz CT molecular complexity index is 666. The summed E-state index contributed by atoms with van der Waals surface area (Å²) in [6.45, 7) is 10.8. The maximum absolute atomic E-state index is 13.1. The highest BCUT2D eigenvalue weighted by Gasteiger charge is 2.31. The van der Waals surface area contributed by atoms with Crippen LogP contribution in [0.3, 0.4) is 0 Å². The van der Waals surface area contributed by atoms with E-state index in [0.29, 0.717) is 6.04 Å². The smallest absolute Gasteiger partial charge is 0.254 e. The molecule has 3 heterocycles. The molecule has 6 nitrogen and oxygen atoms in total. The van der Waals surface area contributed by atoms with Gasteiger partial charge in [-0.15, -0.1) is 0 Å². The molecule has 3 aliphatic rings. The van der Waals surface area contributed by atoms with E-state index >= 15 is 0 Å². The first-order valence-electron chi connectivity index (χ1n) is 11.9. The van der Waals surface area contributed by atoms with E-state index in [1.807, 2.05) is 24.3 Å². The van der Waals surface area contributed by atoms with Gasteiger partial charge in [0, 0.05) is 57.4 Å². The van der Waals surface area contributed by atoms with Gasteiger partial charge in [-0.2, -0.15) is 0 Å². The van der Waals surface area contributed by atoms with E-state index in [1.54, 1.807) is 0 Å². The molecule has 1 aromatic rings. The number of benzene rings is 1. The summed E-state index contributed by atoms with van der Waals surface area (Å²) in [6, 6.07) is 8.15. The van der Waals surface area contributed by atoms with Gasteiger partial charge in [0.2, 0.25) is 0 Å². The van der Waals surface area contributed by atoms with E-state index in [-0.39, 0.29) is 5.91 Å². The summed E-state index contributed by atoms with van der Waals surface area (Å²) in [6.07, 6.45) is 5.90. The lowest BCUT2D eigenvalue weighted by atomic mass is 10.1. The number of ether oxygens (including phenoxy) is 1.